The Balaban J connectivity index is 1.69. The van der Waals surface area contributed by atoms with Crippen LogP contribution in [-0.2, 0) is 13.2 Å². The molecule has 0 spiro atoms. The first-order valence-electron chi connectivity index (χ1n) is 8.38. The van der Waals surface area contributed by atoms with Gasteiger partial charge in [0.25, 0.3) is 5.91 Å². The number of anilines is 1. The minimum Gasteiger partial charge on any atom is -0.487 e. The summed E-state index contributed by atoms with van der Waals surface area (Å²) in [5.74, 6) is 0.440. The summed E-state index contributed by atoms with van der Waals surface area (Å²) in [5.41, 5.74) is 3.10. The van der Waals surface area contributed by atoms with Crippen molar-refractivity contribution in [1.82, 2.24) is 9.78 Å². The van der Waals surface area contributed by atoms with E-state index >= 15 is 0 Å². The fourth-order valence-electron chi connectivity index (χ4n) is 2.61. The maximum Gasteiger partial charge on any atom is 0.255 e. The third kappa shape index (κ3) is 4.06. The molecule has 0 fully saturated rings. The zero-order chi connectivity index (χ0) is 18.5. The number of nitrogens with zero attached hydrogens (tertiary/aromatic N) is 2. The minimum absolute atomic E-state index is 0.177. The lowest BCUT2D eigenvalue weighted by atomic mass is 10.1. The topological polar surface area (TPSA) is 56.2 Å². The molecule has 6 heteroatoms. The lowest BCUT2D eigenvalue weighted by Gasteiger charge is -2.09. The summed E-state index contributed by atoms with van der Waals surface area (Å²) in [7, 11) is 0. The van der Waals surface area contributed by atoms with Gasteiger partial charge in [-0.3, -0.25) is 9.48 Å². The van der Waals surface area contributed by atoms with E-state index in [0.29, 0.717) is 22.9 Å². The third-order valence-electron chi connectivity index (χ3n) is 4.07. The Labute approximate surface area is 157 Å². The molecule has 0 radical (unpaired) electrons. The molecule has 0 atom stereocenters. The number of ether oxygens (including phenoxy) is 1. The summed E-state index contributed by atoms with van der Waals surface area (Å²) in [4.78, 5) is 12.5. The summed E-state index contributed by atoms with van der Waals surface area (Å²) >= 11 is 6.09. The van der Waals surface area contributed by atoms with Crippen molar-refractivity contribution in [2.24, 2.45) is 0 Å². The quantitative estimate of drug-likeness (QED) is 0.685. The van der Waals surface area contributed by atoms with Gasteiger partial charge in [-0.05, 0) is 43.7 Å². The molecule has 0 aliphatic rings. The molecule has 26 heavy (non-hydrogen) atoms. The number of halogens is 1. The van der Waals surface area contributed by atoms with Crippen molar-refractivity contribution in [2.75, 3.05) is 5.32 Å². The number of nitrogens with one attached hydrogen (secondary N) is 1. The Morgan fingerprint density at radius 1 is 1.23 bits per heavy atom. The molecule has 0 aliphatic heterocycles. The average Bonchev–Trinajstić information content (AvgIpc) is 3.01. The van der Waals surface area contributed by atoms with E-state index in [2.05, 4.69) is 10.4 Å². The highest BCUT2D eigenvalue weighted by Gasteiger charge is 2.11. The summed E-state index contributed by atoms with van der Waals surface area (Å²) in [6, 6.07) is 14.6. The SMILES string of the molecule is CCn1ncc(NC(=O)c2cccc(COc3ccccc3Cl)c2)c1C. The molecule has 3 aromatic rings. The maximum atomic E-state index is 12.5. The highest BCUT2D eigenvalue weighted by molar-refractivity contribution is 6.32. The zero-order valence-corrected chi connectivity index (χ0v) is 15.5. The second kappa shape index (κ2) is 8.06. The van der Waals surface area contributed by atoms with Crippen molar-refractivity contribution in [3.8, 4) is 5.75 Å². The molecular weight excluding hydrogens is 350 g/mol. The number of rotatable bonds is 6. The fourth-order valence-corrected chi connectivity index (χ4v) is 2.80. The van der Waals surface area contributed by atoms with Gasteiger partial charge >= 0.3 is 0 Å². The van der Waals surface area contributed by atoms with Crippen LogP contribution in [-0.4, -0.2) is 15.7 Å². The van der Waals surface area contributed by atoms with Crippen molar-refractivity contribution in [2.45, 2.75) is 27.0 Å². The highest BCUT2D eigenvalue weighted by atomic mass is 35.5. The van der Waals surface area contributed by atoms with Crippen LogP contribution in [0.5, 0.6) is 5.75 Å². The van der Waals surface area contributed by atoms with E-state index in [1.165, 1.54) is 0 Å². The average molecular weight is 370 g/mol. The lowest BCUT2D eigenvalue weighted by Crippen LogP contribution is -2.13. The van der Waals surface area contributed by atoms with E-state index in [1.54, 1.807) is 18.3 Å². The van der Waals surface area contributed by atoms with Gasteiger partial charge in [0.05, 0.1) is 22.6 Å². The van der Waals surface area contributed by atoms with Crippen molar-refractivity contribution in [1.29, 1.82) is 0 Å². The molecule has 0 saturated carbocycles. The first-order chi connectivity index (χ1) is 12.6. The summed E-state index contributed by atoms with van der Waals surface area (Å²) in [6.45, 7) is 5.03. The van der Waals surface area contributed by atoms with Crippen LogP contribution in [0.1, 0.15) is 28.5 Å². The van der Waals surface area contributed by atoms with Crippen molar-refractivity contribution < 1.29 is 9.53 Å². The number of carbonyl (C=O) groups is 1. The standard InChI is InChI=1S/C20H20ClN3O2/c1-3-24-14(2)18(12-22-24)23-20(25)16-8-6-7-15(11-16)13-26-19-10-5-4-9-17(19)21/h4-12H,3,13H2,1-2H3,(H,23,25). The third-order valence-corrected chi connectivity index (χ3v) is 4.38. The molecule has 1 aromatic heterocycles. The van der Waals surface area contributed by atoms with Crippen LogP contribution in [0.15, 0.2) is 54.7 Å². The largest absolute Gasteiger partial charge is 0.487 e. The van der Waals surface area contributed by atoms with Gasteiger partial charge in [0.1, 0.15) is 12.4 Å². The Bertz CT molecular complexity index is 921. The van der Waals surface area contributed by atoms with Crippen LogP contribution in [0.2, 0.25) is 5.02 Å². The maximum absolute atomic E-state index is 12.5. The van der Waals surface area contributed by atoms with E-state index in [-0.39, 0.29) is 5.91 Å². The van der Waals surface area contributed by atoms with Gasteiger partial charge in [-0.2, -0.15) is 5.10 Å². The van der Waals surface area contributed by atoms with Crippen LogP contribution < -0.4 is 10.1 Å². The van der Waals surface area contributed by atoms with Crippen LogP contribution in [0.25, 0.3) is 0 Å². The molecule has 2 aromatic carbocycles. The summed E-state index contributed by atoms with van der Waals surface area (Å²) in [6.07, 6.45) is 1.67. The smallest absolute Gasteiger partial charge is 0.255 e. The second-order valence-corrected chi connectivity index (χ2v) is 6.24. The van der Waals surface area contributed by atoms with E-state index in [9.17, 15) is 4.79 Å². The van der Waals surface area contributed by atoms with Crippen molar-refractivity contribution in [3.63, 3.8) is 0 Å². The molecule has 1 heterocycles. The number of aromatic nitrogens is 2. The molecule has 0 aliphatic carbocycles. The molecule has 0 saturated heterocycles. The Morgan fingerprint density at radius 2 is 2.04 bits per heavy atom. The second-order valence-electron chi connectivity index (χ2n) is 5.83. The van der Waals surface area contributed by atoms with Crippen LogP contribution >= 0.6 is 11.6 Å². The monoisotopic (exact) mass is 369 g/mol. The van der Waals surface area contributed by atoms with E-state index in [4.69, 9.17) is 16.3 Å². The summed E-state index contributed by atoms with van der Waals surface area (Å²) < 4.78 is 7.57. The number of para-hydroxylation sites is 1. The molecule has 0 unspecified atom stereocenters. The molecule has 1 amide bonds. The number of amides is 1. The molecule has 0 bridgehead atoms. The molecule has 1 N–H and O–H groups in total. The number of hydrogen-bond donors (Lipinski definition) is 1. The number of hydrogen-bond acceptors (Lipinski definition) is 3. The van der Waals surface area contributed by atoms with E-state index < -0.39 is 0 Å². The normalized spacial score (nSPS) is 10.6. The number of benzene rings is 2. The van der Waals surface area contributed by atoms with Crippen LogP contribution in [0.3, 0.4) is 0 Å². The Kier molecular flexibility index (Phi) is 5.58. The predicted molar refractivity (Wildman–Crippen MR) is 103 cm³/mol. The summed E-state index contributed by atoms with van der Waals surface area (Å²) in [5, 5.41) is 7.71. The molecule has 134 valence electrons. The van der Waals surface area contributed by atoms with Gasteiger partial charge in [0.15, 0.2) is 0 Å². The lowest BCUT2D eigenvalue weighted by molar-refractivity contribution is 0.102. The van der Waals surface area contributed by atoms with Gasteiger partial charge in [-0.25, -0.2) is 0 Å². The predicted octanol–water partition coefficient (Wildman–Crippen LogP) is 4.70. The van der Waals surface area contributed by atoms with Crippen LogP contribution in [0, 0.1) is 6.92 Å². The van der Waals surface area contributed by atoms with Gasteiger partial charge in [-0.1, -0.05) is 35.9 Å². The van der Waals surface area contributed by atoms with Gasteiger partial charge < -0.3 is 10.1 Å². The van der Waals surface area contributed by atoms with Crippen LogP contribution in [0.4, 0.5) is 5.69 Å². The fraction of sp³-hybridized carbons (Fsp3) is 0.200. The minimum atomic E-state index is -0.177. The van der Waals surface area contributed by atoms with E-state index in [1.807, 2.05) is 54.9 Å². The Hall–Kier alpha value is -2.79. The highest BCUT2D eigenvalue weighted by Crippen LogP contribution is 2.24. The Morgan fingerprint density at radius 3 is 2.77 bits per heavy atom. The molecular formula is C20H20ClN3O2. The van der Waals surface area contributed by atoms with Gasteiger partial charge in [-0.15, -0.1) is 0 Å². The van der Waals surface area contributed by atoms with Crippen molar-refractivity contribution >= 4 is 23.2 Å². The molecule has 3 rings (SSSR count). The zero-order valence-electron chi connectivity index (χ0n) is 14.7. The number of aryl methyl sites for hydroxylation is 1. The van der Waals surface area contributed by atoms with E-state index in [0.717, 1.165) is 23.5 Å². The molecule has 5 nitrogen and oxygen atoms in total. The first kappa shape index (κ1) is 18.0. The first-order valence-corrected chi connectivity index (χ1v) is 8.76. The van der Waals surface area contributed by atoms with Gasteiger partial charge in [0, 0.05) is 12.1 Å². The van der Waals surface area contributed by atoms with Gasteiger partial charge in [0.2, 0.25) is 0 Å². The van der Waals surface area contributed by atoms with Crippen molar-refractivity contribution in [3.05, 3.63) is 76.6 Å². The number of carbonyl (C=O) groups excluding carboxylic acids is 1.